The molecule has 7 N–H and O–H groups in total. The highest BCUT2D eigenvalue weighted by Crippen LogP contribution is 2.23. The predicted octanol–water partition coefficient (Wildman–Crippen LogP) is 2.81. The molecule has 1 saturated heterocycles. The van der Waals surface area contributed by atoms with Gasteiger partial charge in [-0.25, -0.2) is 0 Å². The Labute approximate surface area is 256 Å². The molecule has 10 heteroatoms. The fourth-order valence-electron chi connectivity index (χ4n) is 5.23. The van der Waals surface area contributed by atoms with Gasteiger partial charge in [0.05, 0.1) is 25.4 Å². The lowest BCUT2D eigenvalue weighted by atomic mass is 9.98. The minimum Gasteiger partial charge on any atom is -0.394 e. The normalized spacial score (nSPS) is 24.6. The van der Waals surface area contributed by atoms with Gasteiger partial charge in [0, 0.05) is 6.08 Å². The number of carbonyl (C=O) groups is 1. The number of hydrogen-bond acceptors (Lipinski definition) is 9. The van der Waals surface area contributed by atoms with Crippen LogP contribution in [0.3, 0.4) is 0 Å². The standard InChI is InChI=1S/C33H55NO9/c1-2-3-4-5-6-7-8-9-10-11-12-16-19-26(36)29(38)25(34-28(37)21-20-24-17-14-13-15-18-24)23-42-33-32(41)31(40)30(39)27(22-35)43-33/h13-15,17-18,20-21,25-27,29-33,35-36,38-41H,2-12,16,19,22-23H2,1H3,(H,34,37)/b21-20+/t25-,26+,27+,29-,30-,31-,32+,33-/m0/s1. The van der Waals surface area contributed by atoms with Crippen LogP contribution in [-0.2, 0) is 14.3 Å². The summed E-state index contributed by atoms with van der Waals surface area (Å²) in [6.45, 7) is 1.24. The van der Waals surface area contributed by atoms with Crippen LogP contribution in [0.5, 0.6) is 0 Å². The second-order valence-corrected chi connectivity index (χ2v) is 11.6. The Morgan fingerprint density at radius 1 is 0.884 bits per heavy atom. The zero-order valence-electron chi connectivity index (χ0n) is 25.7. The van der Waals surface area contributed by atoms with Crippen molar-refractivity contribution in [2.75, 3.05) is 13.2 Å². The van der Waals surface area contributed by atoms with Crippen molar-refractivity contribution >= 4 is 12.0 Å². The van der Waals surface area contributed by atoms with Crippen LogP contribution in [0.4, 0.5) is 0 Å². The molecule has 246 valence electrons. The first kappa shape index (κ1) is 37.3. The topological polar surface area (TPSA) is 169 Å². The molecule has 1 aromatic rings. The lowest BCUT2D eigenvalue weighted by Crippen LogP contribution is -2.60. The van der Waals surface area contributed by atoms with Crippen molar-refractivity contribution in [3.8, 4) is 0 Å². The van der Waals surface area contributed by atoms with Crippen molar-refractivity contribution in [2.45, 2.75) is 139 Å². The number of aliphatic hydroxyl groups is 6. The first-order valence-corrected chi connectivity index (χ1v) is 16.1. The maximum absolute atomic E-state index is 12.7. The van der Waals surface area contributed by atoms with Crippen LogP contribution >= 0.6 is 0 Å². The Hall–Kier alpha value is -1.89. The minimum atomic E-state index is -1.63. The van der Waals surface area contributed by atoms with Gasteiger partial charge < -0.3 is 45.4 Å². The Morgan fingerprint density at radius 2 is 1.47 bits per heavy atom. The monoisotopic (exact) mass is 609 g/mol. The first-order valence-electron chi connectivity index (χ1n) is 16.1. The van der Waals surface area contributed by atoms with E-state index in [1.807, 2.05) is 30.3 Å². The van der Waals surface area contributed by atoms with Gasteiger partial charge in [0.1, 0.15) is 30.5 Å². The van der Waals surface area contributed by atoms with E-state index in [1.165, 1.54) is 57.4 Å². The molecule has 0 unspecified atom stereocenters. The van der Waals surface area contributed by atoms with Gasteiger partial charge in [0.15, 0.2) is 6.29 Å². The molecular formula is C33H55NO9. The van der Waals surface area contributed by atoms with Crippen molar-refractivity contribution < 1.29 is 44.9 Å². The highest BCUT2D eigenvalue weighted by atomic mass is 16.7. The number of hydrogen-bond donors (Lipinski definition) is 7. The number of aliphatic hydroxyl groups excluding tert-OH is 6. The van der Waals surface area contributed by atoms with Crippen LogP contribution in [-0.4, -0.2) is 98.7 Å². The third kappa shape index (κ3) is 14.2. The summed E-state index contributed by atoms with van der Waals surface area (Å²) < 4.78 is 11.0. The highest BCUT2D eigenvalue weighted by Gasteiger charge is 2.44. The van der Waals surface area contributed by atoms with Gasteiger partial charge in [0.25, 0.3) is 0 Å². The Bertz CT molecular complexity index is 884. The van der Waals surface area contributed by atoms with Crippen molar-refractivity contribution in [3.05, 3.63) is 42.0 Å². The molecule has 1 aromatic carbocycles. The number of carbonyl (C=O) groups excluding carboxylic acids is 1. The lowest BCUT2D eigenvalue weighted by Gasteiger charge is -2.40. The van der Waals surface area contributed by atoms with Gasteiger partial charge in [-0.15, -0.1) is 0 Å². The Morgan fingerprint density at radius 3 is 2.05 bits per heavy atom. The molecular weight excluding hydrogens is 554 g/mol. The van der Waals surface area contributed by atoms with Crippen LogP contribution in [0.15, 0.2) is 36.4 Å². The van der Waals surface area contributed by atoms with Crippen LogP contribution in [0.1, 0.15) is 96.0 Å². The zero-order valence-corrected chi connectivity index (χ0v) is 25.7. The minimum absolute atomic E-state index is 0.338. The van der Waals surface area contributed by atoms with E-state index in [1.54, 1.807) is 6.08 Å². The molecule has 1 fully saturated rings. The average Bonchev–Trinajstić information content (AvgIpc) is 3.02. The van der Waals surface area contributed by atoms with E-state index >= 15 is 0 Å². The SMILES string of the molecule is CCCCCCCCCCCCCC[C@@H](O)[C@@H](O)[C@H](CO[C@H]1O[C@H](CO)[C@H](O)[C@H](O)[C@H]1O)NC(=O)/C=C/c1ccccc1. The fraction of sp³-hybridized carbons (Fsp3) is 0.727. The van der Waals surface area contributed by atoms with Gasteiger partial charge >= 0.3 is 0 Å². The number of benzene rings is 1. The number of unbranched alkanes of at least 4 members (excludes halogenated alkanes) is 11. The van der Waals surface area contributed by atoms with Gasteiger partial charge in [-0.05, 0) is 18.1 Å². The number of rotatable bonds is 22. The van der Waals surface area contributed by atoms with Crippen LogP contribution in [0.25, 0.3) is 6.08 Å². The van der Waals surface area contributed by atoms with E-state index in [-0.39, 0.29) is 6.61 Å². The largest absolute Gasteiger partial charge is 0.394 e. The lowest BCUT2D eigenvalue weighted by molar-refractivity contribution is -0.303. The summed E-state index contributed by atoms with van der Waals surface area (Å²) in [5.74, 6) is -0.525. The first-order chi connectivity index (χ1) is 20.8. The maximum atomic E-state index is 12.7. The van der Waals surface area contributed by atoms with E-state index in [4.69, 9.17) is 9.47 Å². The molecule has 43 heavy (non-hydrogen) atoms. The third-order valence-electron chi connectivity index (χ3n) is 8.00. The molecule has 0 aromatic heterocycles. The number of ether oxygens (including phenoxy) is 2. The van der Waals surface area contributed by atoms with Crippen LogP contribution in [0.2, 0.25) is 0 Å². The second kappa shape index (κ2) is 21.8. The molecule has 0 radical (unpaired) electrons. The number of amides is 1. The van der Waals surface area contributed by atoms with E-state index in [2.05, 4.69) is 12.2 Å². The van der Waals surface area contributed by atoms with Gasteiger partial charge in [-0.1, -0.05) is 114 Å². The molecule has 1 aliphatic heterocycles. The van der Waals surface area contributed by atoms with Crippen molar-refractivity contribution in [2.24, 2.45) is 0 Å². The van der Waals surface area contributed by atoms with Crippen molar-refractivity contribution in [1.82, 2.24) is 5.32 Å². The molecule has 8 atom stereocenters. The summed E-state index contributed by atoms with van der Waals surface area (Å²) in [4.78, 5) is 12.7. The van der Waals surface area contributed by atoms with Crippen molar-refractivity contribution in [1.29, 1.82) is 0 Å². The molecule has 1 heterocycles. The average molecular weight is 610 g/mol. The zero-order chi connectivity index (χ0) is 31.5. The molecule has 0 spiro atoms. The van der Waals surface area contributed by atoms with Gasteiger partial charge in [0.2, 0.25) is 5.91 Å². The summed E-state index contributed by atoms with van der Waals surface area (Å²) in [6, 6.07) is 8.12. The number of nitrogens with one attached hydrogen (secondary N) is 1. The highest BCUT2D eigenvalue weighted by molar-refractivity contribution is 5.91. The summed E-state index contributed by atoms with van der Waals surface area (Å²) in [5.41, 5.74) is 0.805. The Kier molecular flexibility index (Phi) is 18.9. The van der Waals surface area contributed by atoms with E-state index in [0.29, 0.717) is 6.42 Å². The maximum Gasteiger partial charge on any atom is 0.244 e. The van der Waals surface area contributed by atoms with E-state index in [9.17, 15) is 35.4 Å². The van der Waals surface area contributed by atoms with Gasteiger partial charge in [-0.2, -0.15) is 0 Å². The summed E-state index contributed by atoms with van der Waals surface area (Å²) in [7, 11) is 0. The van der Waals surface area contributed by atoms with E-state index < -0.39 is 61.5 Å². The fourth-order valence-corrected chi connectivity index (χ4v) is 5.23. The molecule has 0 bridgehead atoms. The summed E-state index contributed by atoms with van der Waals surface area (Å²) in [6.07, 6.45) is 7.50. The molecule has 1 amide bonds. The Balaban J connectivity index is 1.85. The van der Waals surface area contributed by atoms with Gasteiger partial charge in [-0.3, -0.25) is 4.79 Å². The molecule has 0 saturated carbocycles. The third-order valence-corrected chi connectivity index (χ3v) is 8.00. The second-order valence-electron chi connectivity index (χ2n) is 11.6. The quantitative estimate of drug-likeness (QED) is 0.0772. The molecule has 1 aliphatic rings. The predicted molar refractivity (Wildman–Crippen MR) is 165 cm³/mol. The summed E-state index contributed by atoms with van der Waals surface area (Å²) in [5, 5.41) is 64.2. The summed E-state index contributed by atoms with van der Waals surface area (Å²) >= 11 is 0. The van der Waals surface area contributed by atoms with Crippen LogP contribution in [0, 0.1) is 0 Å². The molecule has 2 rings (SSSR count). The van der Waals surface area contributed by atoms with Crippen LogP contribution < -0.4 is 5.32 Å². The smallest absolute Gasteiger partial charge is 0.244 e. The van der Waals surface area contributed by atoms with Crippen molar-refractivity contribution in [3.63, 3.8) is 0 Å². The molecule has 0 aliphatic carbocycles. The molecule has 10 nitrogen and oxygen atoms in total. The van der Waals surface area contributed by atoms with E-state index in [0.717, 1.165) is 31.2 Å².